The maximum Gasteiger partial charge on any atom is 0.00484 e. The monoisotopic (exact) mass is 911 g/mol. The van der Waals surface area contributed by atoms with Gasteiger partial charge >= 0.3 is 0 Å². The van der Waals surface area contributed by atoms with E-state index in [1.54, 1.807) is 0 Å². The molecule has 6 spiro atoms. The van der Waals surface area contributed by atoms with Crippen LogP contribution in [0.1, 0.15) is 109 Å². The first kappa shape index (κ1) is 52.3. The summed E-state index contributed by atoms with van der Waals surface area (Å²) in [6.07, 6.45) is 24.1. The normalized spacial score (nSPS) is 33.0. The fourth-order valence-electron chi connectivity index (χ4n) is 14.2. The molecule has 12 nitrogen and oxygen atoms in total. The van der Waals surface area contributed by atoms with Gasteiger partial charge in [-0.15, -0.1) is 0 Å². The van der Waals surface area contributed by atoms with Crippen LogP contribution in [-0.4, -0.2) is 229 Å². The molecular weight excluding hydrogens is 805 g/mol. The van der Waals surface area contributed by atoms with E-state index in [2.05, 4.69) is 104 Å². The number of rotatable bonds is 0. The molecule has 0 saturated carbocycles. The number of hydrogen-bond acceptors (Lipinski definition) is 12. The minimum Gasteiger partial charge on any atom is -0.317 e. The molecule has 12 aliphatic heterocycles. The van der Waals surface area contributed by atoms with Crippen LogP contribution in [0.2, 0.25) is 0 Å². The highest BCUT2D eigenvalue weighted by Gasteiger charge is 2.42. The molecule has 12 aliphatic rings. The van der Waals surface area contributed by atoms with Crippen molar-refractivity contribution < 1.29 is 0 Å². The van der Waals surface area contributed by atoms with Crippen molar-refractivity contribution >= 4 is 0 Å². The second kappa shape index (κ2) is 24.6. The van der Waals surface area contributed by atoms with Gasteiger partial charge in [0.25, 0.3) is 0 Å². The minimum absolute atomic E-state index is 0.660. The van der Waals surface area contributed by atoms with Gasteiger partial charge in [-0.25, -0.2) is 0 Å². The summed E-state index contributed by atoms with van der Waals surface area (Å²) in [7, 11) is 13.4. The average Bonchev–Trinajstić information content (AvgIpc) is 4.02. The summed E-state index contributed by atoms with van der Waals surface area (Å²) in [4.78, 5) is 14.7. The van der Waals surface area contributed by atoms with Crippen LogP contribution < -0.4 is 31.9 Å². The van der Waals surface area contributed by atoms with E-state index in [9.17, 15) is 0 Å². The first-order chi connectivity index (χ1) is 31.3. The molecule has 6 N–H and O–H groups in total. The number of piperidine rings is 7. The number of hydrogen-bond donors (Lipinski definition) is 6. The Kier molecular flexibility index (Phi) is 19.8. The predicted molar refractivity (Wildman–Crippen MR) is 275 cm³/mol. The molecule has 0 aliphatic carbocycles. The molecule has 0 amide bonds. The Hall–Kier alpha value is -0.480. The van der Waals surface area contributed by atoms with Gasteiger partial charge < -0.3 is 61.3 Å². The first-order valence-electron chi connectivity index (χ1n) is 27.7. The summed E-state index contributed by atoms with van der Waals surface area (Å²) in [6, 6.07) is 0. The van der Waals surface area contributed by atoms with Crippen molar-refractivity contribution in [1.29, 1.82) is 0 Å². The zero-order valence-electron chi connectivity index (χ0n) is 43.7. The smallest absolute Gasteiger partial charge is 0.00484 e. The fourth-order valence-corrected chi connectivity index (χ4v) is 14.2. The topological polar surface area (TPSA) is 91.6 Å². The Balaban J connectivity index is 0.000000116. The molecule has 1 unspecified atom stereocenters. The lowest BCUT2D eigenvalue weighted by Gasteiger charge is -2.51. The van der Waals surface area contributed by atoms with Crippen molar-refractivity contribution in [3.63, 3.8) is 0 Å². The fraction of sp³-hybridized carbons (Fsp3) is 1.00. The summed E-state index contributed by atoms with van der Waals surface area (Å²) >= 11 is 0. The highest BCUT2D eigenvalue weighted by Crippen LogP contribution is 2.41. The molecular formula is C53H106N12. The van der Waals surface area contributed by atoms with Gasteiger partial charge in [0.05, 0.1) is 0 Å². The zero-order chi connectivity index (χ0) is 45.7. The molecule has 0 aromatic carbocycles. The molecule has 12 fully saturated rings. The van der Waals surface area contributed by atoms with E-state index in [-0.39, 0.29) is 0 Å². The number of nitrogens with zero attached hydrogens (tertiary/aromatic N) is 6. The molecule has 12 heteroatoms. The van der Waals surface area contributed by atoms with E-state index in [1.165, 1.54) is 266 Å². The van der Waals surface area contributed by atoms with Gasteiger partial charge in [0, 0.05) is 52.4 Å². The van der Waals surface area contributed by atoms with Gasteiger partial charge in [-0.2, -0.15) is 0 Å². The van der Waals surface area contributed by atoms with E-state index < -0.39 is 0 Å². The van der Waals surface area contributed by atoms with Crippen LogP contribution in [0, 0.1) is 32.5 Å². The van der Waals surface area contributed by atoms with Gasteiger partial charge in [0.1, 0.15) is 0 Å². The second-order valence-electron chi connectivity index (χ2n) is 25.1. The van der Waals surface area contributed by atoms with E-state index in [0.29, 0.717) is 16.2 Å². The highest BCUT2D eigenvalue weighted by atomic mass is 15.2. The lowest BCUT2D eigenvalue weighted by atomic mass is 9.72. The van der Waals surface area contributed by atoms with Crippen LogP contribution in [0.4, 0.5) is 0 Å². The van der Waals surface area contributed by atoms with Gasteiger partial charge in [-0.3, -0.25) is 0 Å². The van der Waals surface area contributed by atoms with Crippen LogP contribution >= 0.6 is 0 Å². The van der Waals surface area contributed by atoms with Crippen LogP contribution in [0.25, 0.3) is 0 Å². The molecule has 65 heavy (non-hydrogen) atoms. The standard InChI is InChI=1S/C10H20N2.3C9H18N2.2C8H16N2/c1-12-8-4-10(5-9-12)2-6-11-7-3-10;1-11-6-3-9(4-7-11)2-5-10-8-9;1-11-7-4-9(8-11)2-5-10-6-3-9;1-11-6-4-9(8-11)3-2-5-10-7-9;1-10-4-2-8(3-5-10)6-9-7-8;1-10-6-8(7-10)2-4-9-5-3-8/h11H,2-9H2,1H3;3*10H,2-8H2,1H3;2*9H,2-7H2,1H3. The minimum atomic E-state index is 0.660. The van der Waals surface area contributed by atoms with Crippen LogP contribution in [0.3, 0.4) is 0 Å². The predicted octanol–water partition coefficient (Wildman–Crippen LogP) is 3.76. The summed E-state index contributed by atoms with van der Waals surface area (Å²) in [5.41, 5.74) is 4.27. The molecule has 0 aromatic heterocycles. The molecule has 1 atom stereocenters. The SMILES string of the molecule is CN1CC2(CCNCC2)C1.CN1CCC2(CC1)CNC2.CN1CCC2(CCCNC2)C1.CN1CCC2(CCNC2)CC1.CN1CCC2(CCNCC2)C1.CN1CCC2(CCNCC2)CC1. The van der Waals surface area contributed by atoms with Crippen LogP contribution in [0.5, 0.6) is 0 Å². The summed E-state index contributed by atoms with van der Waals surface area (Å²) in [5.74, 6) is 0. The van der Waals surface area contributed by atoms with Crippen molar-refractivity contribution in [3.8, 4) is 0 Å². The third-order valence-corrected chi connectivity index (χ3v) is 19.5. The van der Waals surface area contributed by atoms with Crippen molar-refractivity contribution in [1.82, 2.24) is 61.3 Å². The molecule has 12 heterocycles. The lowest BCUT2D eigenvalue weighted by molar-refractivity contribution is -0.00368. The van der Waals surface area contributed by atoms with E-state index in [1.807, 2.05) is 0 Å². The van der Waals surface area contributed by atoms with E-state index in [0.717, 1.165) is 16.2 Å². The third kappa shape index (κ3) is 15.5. The average molecular weight is 912 g/mol. The lowest BCUT2D eigenvalue weighted by Crippen LogP contribution is -2.58. The van der Waals surface area contributed by atoms with Crippen molar-refractivity contribution in [2.24, 2.45) is 32.5 Å². The van der Waals surface area contributed by atoms with Crippen LogP contribution in [-0.2, 0) is 0 Å². The van der Waals surface area contributed by atoms with Gasteiger partial charge in [-0.1, -0.05) is 0 Å². The van der Waals surface area contributed by atoms with E-state index in [4.69, 9.17) is 0 Å². The van der Waals surface area contributed by atoms with Crippen molar-refractivity contribution in [3.05, 3.63) is 0 Å². The molecule has 12 rings (SSSR count). The Morgan fingerprint density at radius 1 is 0.231 bits per heavy atom. The largest absolute Gasteiger partial charge is 0.317 e. The summed E-state index contributed by atoms with van der Waals surface area (Å²) in [5, 5.41) is 20.6. The Morgan fingerprint density at radius 2 is 0.554 bits per heavy atom. The molecule has 378 valence electrons. The maximum atomic E-state index is 3.51. The molecule has 12 saturated heterocycles. The summed E-state index contributed by atoms with van der Waals surface area (Å²) in [6.45, 7) is 30.9. The third-order valence-electron chi connectivity index (χ3n) is 19.5. The highest BCUT2D eigenvalue weighted by molar-refractivity contribution is 4.98. The maximum absolute atomic E-state index is 3.51. The Labute approximate surface area is 401 Å². The van der Waals surface area contributed by atoms with Gasteiger partial charge in [0.15, 0.2) is 0 Å². The Morgan fingerprint density at radius 3 is 0.938 bits per heavy atom. The number of nitrogens with one attached hydrogen (secondary N) is 6. The summed E-state index contributed by atoms with van der Waals surface area (Å²) < 4.78 is 0. The second-order valence-corrected chi connectivity index (χ2v) is 25.1. The molecule has 0 radical (unpaired) electrons. The van der Waals surface area contributed by atoms with Gasteiger partial charge in [-0.05, 0) is 289 Å². The number of likely N-dealkylation sites (tertiary alicyclic amines) is 6. The van der Waals surface area contributed by atoms with Crippen molar-refractivity contribution in [2.75, 3.05) is 199 Å². The molecule has 0 bridgehead atoms. The molecule has 0 aromatic rings. The van der Waals surface area contributed by atoms with Crippen molar-refractivity contribution in [2.45, 2.75) is 109 Å². The van der Waals surface area contributed by atoms with E-state index >= 15 is 0 Å². The zero-order valence-corrected chi connectivity index (χ0v) is 43.7. The quantitative estimate of drug-likeness (QED) is 0.214. The Bertz CT molecular complexity index is 1250. The first-order valence-corrected chi connectivity index (χ1v) is 27.7. The van der Waals surface area contributed by atoms with Gasteiger partial charge in [0.2, 0.25) is 0 Å². The van der Waals surface area contributed by atoms with Crippen LogP contribution in [0.15, 0.2) is 0 Å².